The minimum atomic E-state index is 0.252. The Kier molecular flexibility index (Phi) is 7.27. The predicted octanol–water partition coefficient (Wildman–Crippen LogP) is 12.9. The van der Waals surface area contributed by atoms with Crippen LogP contribution in [-0.4, -0.2) is 19.5 Å². The fourth-order valence-corrected chi connectivity index (χ4v) is 8.34. The molecule has 0 bridgehead atoms. The fraction of sp³-hybridized carbons (Fsp3) is 0.0392. The molecule has 258 valence electrons. The van der Waals surface area contributed by atoms with Gasteiger partial charge in [0.15, 0.2) is 17.5 Å². The van der Waals surface area contributed by atoms with Gasteiger partial charge in [0.25, 0.3) is 0 Å². The molecule has 0 amide bonds. The van der Waals surface area contributed by atoms with Gasteiger partial charge in [-0.25, -0.2) is 15.0 Å². The van der Waals surface area contributed by atoms with Gasteiger partial charge in [-0.05, 0) is 80.7 Å². The molecule has 2 aromatic heterocycles. The molecule has 0 saturated carbocycles. The van der Waals surface area contributed by atoms with E-state index < -0.39 is 0 Å². The van der Waals surface area contributed by atoms with Crippen molar-refractivity contribution in [3.05, 3.63) is 199 Å². The number of aromatic nitrogens is 4. The summed E-state index contributed by atoms with van der Waals surface area (Å²) in [7, 11) is 0. The summed E-state index contributed by atoms with van der Waals surface area (Å²) in [5.41, 5.74) is 7.84. The lowest BCUT2D eigenvalue weighted by atomic mass is 9.90. The van der Waals surface area contributed by atoms with Gasteiger partial charge in [-0.2, -0.15) is 0 Å². The Morgan fingerprint density at radius 2 is 1.02 bits per heavy atom. The Morgan fingerprint density at radius 3 is 1.67 bits per heavy atom. The molecule has 1 aliphatic carbocycles. The maximum absolute atomic E-state index is 5.08. The van der Waals surface area contributed by atoms with E-state index >= 15 is 0 Å². The zero-order valence-electron chi connectivity index (χ0n) is 30.0. The third kappa shape index (κ3) is 5.42. The summed E-state index contributed by atoms with van der Waals surface area (Å²) in [5, 5.41) is 9.82. The van der Waals surface area contributed by atoms with E-state index in [1.54, 1.807) is 0 Å². The van der Waals surface area contributed by atoms with Crippen molar-refractivity contribution in [3.63, 3.8) is 0 Å². The minimum Gasteiger partial charge on any atom is -0.309 e. The standard InChI is InChI=1S/C51H34N4/c1-3-12-39-31-41(23-19-33(39)9-1)50-52-49(53-51(54-50)42-24-20-34-10-2-4-13-40(34)32-42)38-21-17-35(18-22-38)36-25-28-43(29-26-36)55-46-16-8-7-15-45(46)48-44-14-6-5-11-37(44)27-30-47(48)55/h1-17,19-32,35H,18H2. The molecule has 1 unspecified atom stereocenters. The molecule has 0 spiro atoms. The summed E-state index contributed by atoms with van der Waals surface area (Å²) < 4.78 is 2.40. The Morgan fingerprint density at radius 1 is 0.455 bits per heavy atom. The van der Waals surface area contributed by atoms with E-state index in [0.717, 1.165) is 39.6 Å². The van der Waals surface area contributed by atoms with Crippen LogP contribution in [0.4, 0.5) is 0 Å². The average Bonchev–Trinajstić information content (AvgIpc) is 3.61. The molecule has 4 nitrogen and oxygen atoms in total. The zero-order valence-corrected chi connectivity index (χ0v) is 30.0. The average molecular weight is 703 g/mol. The molecule has 55 heavy (non-hydrogen) atoms. The van der Waals surface area contributed by atoms with Crippen LogP contribution >= 0.6 is 0 Å². The second-order valence-electron chi connectivity index (χ2n) is 14.4. The van der Waals surface area contributed by atoms with Crippen molar-refractivity contribution in [1.29, 1.82) is 0 Å². The number of benzene rings is 8. The Hall–Kier alpha value is -7.17. The van der Waals surface area contributed by atoms with Gasteiger partial charge in [0.2, 0.25) is 0 Å². The van der Waals surface area contributed by atoms with Crippen LogP contribution in [0.3, 0.4) is 0 Å². The number of para-hydroxylation sites is 1. The van der Waals surface area contributed by atoms with Crippen LogP contribution in [-0.2, 0) is 0 Å². The molecule has 0 N–H and O–H groups in total. The number of allylic oxidation sites excluding steroid dienone is 4. The first-order chi connectivity index (χ1) is 27.2. The van der Waals surface area contributed by atoms with Crippen LogP contribution in [0.1, 0.15) is 23.7 Å². The van der Waals surface area contributed by atoms with Gasteiger partial charge >= 0.3 is 0 Å². The lowest BCUT2D eigenvalue weighted by molar-refractivity contribution is 0.853. The van der Waals surface area contributed by atoms with Crippen LogP contribution < -0.4 is 0 Å². The third-order valence-electron chi connectivity index (χ3n) is 11.2. The lowest BCUT2D eigenvalue weighted by Gasteiger charge is -2.18. The highest BCUT2D eigenvalue weighted by Gasteiger charge is 2.19. The summed E-state index contributed by atoms with van der Waals surface area (Å²) in [6, 6.07) is 60.7. The molecule has 8 aromatic carbocycles. The van der Waals surface area contributed by atoms with Crippen molar-refractivity contribution >= 4 is 59.7 Å². The van der Waals surface area contributed by atoms with Gasteiger partial charge in [0, 0.05) is 39.1 Å². The van der Waals surface area contributed by atoms with Gasteiger partial charge in [0.05, 0.1) is 11.0 Å². The van der Waals surface area contributed by atoms with Crippen LogP contribution in [0.2, 0.25) is 0 Å². The molecular weight excluding hydrogens is 669 g/mol. The summed E-state index contributed by atoms with van der Waals surface area (Å²) in [6.07, 6.45) is 7.62. The predicted molar refractivity (Wildman–Crippen MR) is 228 cm³/mol. The maximum atomic E-state index is 5.08. The maximum Gasteiger partial charge on any atom is 0.164 e. The van der Waals surface area contributed by atoms with Gasteiger partial charge in [-0.3, -0.25) is 0 Å². The van der Waals surface area contributed by atoms with E-state index in [2.05, 4.69) is 193 Å². The summed E-state index contributed by atoms with van der Waals surface area (Å²) in [4.78, 5) is 15.2. The van der Waals surface area contributed by atoms with Gasteiger partial charge in [0.1, 0.15) is 0 Å². The molecule has 0 fully saturated rings. The first-order valence-corrected chi connectivity index (χ1v) is 18.9. The quantitative estimate of drug-likeness (QED) is 0.179. The van der Waals surface area contributed by atoms with Crippen molar-refractivity contribution < 1.29 is 0 Å². The van der Waals surface area contributed by atoms with E-state index in [-0.39, 0.29) is 5.92 Å². The molecule has 4 heteroatoms. The van der Waals surface area contributed by atoms with Crippen molar-refractivity contribution in [2.75, 3.05) is 0 Å². The summed E-state index contributed by atoms with van der Waals surface area (Å²) in [5.74, 6) is 2.28. The summed E-state index contributed by atoms with van der Waals surface area (Å²) in [6.45, 7) is 0. The van der Waals surface area contributed by atoms with E-state index in [9.17, 15) is 0 Å². The van der Waals surface area contributed by atoms with Crippen LogP contribution in [0.25, 0.3) is 88.2 Å². The minimum absolute atomic E-state index is 0.252. The number of nitrogens with zero attached hydrogens (tertiary/aromatic N) is 4. The first kappa shape index (κ1) is 31.4. The first-order valence-electron chi connectivity index (χ1n) is 18.9. The number of fused-ring (bicyclic) bond motifs is 7. The highest BCUT2D eigenvalue weighted by Crippen LogP contribution is 2.38. The van der Waals surface area contributed by atoms with Crippen molar-refractivity contribution in [2.24, 2.45) is 0 Å². The van der Waals surface area contributed by atoms with Crippen molar-refractivity contribution in [1.82, 2.24) is 19.5 Å². The van der Waals surface area contributed by atoms with E-state index in [1.807, 2.05) is 0 Å². The molecule has 11 rings (SSSR count). The monoisotopic (exact) mass is 702 g/mol. The molecule has 0 saturated heterocycles. The Balaban J connectivity index is 0.935. The second kappa shape index (κ2) is 12.8. The van der Waals surface area contributed by atoms with Crippen LogP contribution in [0, 0.1) is 0 Å². The highest BCUT2D eigenvalue weighted by atomic mass is 15.0. The highest BCUT2D eigenvalue weighted by molar-refractivity contribution is 6.21. The molecule has 0 aliphatic heterocycles. The normalized spacial score (nSPS) is 14.3. The van der Waals surface area contributed by atoms with Crippen LogP contribution in [0.15, 0.2) is 188 Å². The molecular formula is C51H34N4. The van der Waals surface area contributed by atoms with Crippen molar-refractivity contribution in [2.45, 2.75) is 12.3 Å². The topological polar surface area (TPSA) is 43.6 Å². The summed E-state index contributed by atoms with van der Waals surface area (Å²) >= 11 is 0. The van der Waals surface area contributed by atoms with Gasteiger partial charge in [-0.1, -0.05) is 152 Å². The number of rotatable bonds is 5. The van der Waals surface area contributed by atoms with E-state index in [4.69, 9.17) is 15.0 Å². The van der Waals surface area contributed by atoms with E-state index in [0.29, 0.717) is 17.5 Å². The zero-order chi connectivity index (χ0) is 36.3. The van der Waals surface area contributed by atoms with Crippen LogP contribution in [0.5, 0.6) is 0 Å². The SMILES string of the molecule is C1=CC(c2ccc(-n3c4ccccc4c4c5ccccc5ccc43)cc2)CC=C1c1nc(-c2ccc3ccccc3c2)nc(-c2ccc3ccccc3c2)n1. The molecule has 2 heterocycles. The number of hydrogen-bond donors (Lipinski definition) is 0. The molecule has 10 aromatic rings. The van der Waals surface area contributed by atoms with Gasteiger partial charge < -0.3 is 4.57 Å². The third-order valence-corrected chi connectivity index (χ3v) is 11.2. The van der Waals surface area contributed by atoms with E-state index in [1.165, 1.54) is 48.9 Å². The Labute approximate surface area is 318 Å². The smallest absolute Gasteiger partial charge is 0.164 e. The molecule has 1 atom stereocenters. The second-order valence-corrected chi connectivity index (χ2v) is 14.4. The molecule has 1 aliphatic rings. The van der Waals surface area contributed by atoms with Gasteiger partial charge in [-0.15, -0.1) is 0 Å². The Bertz CT molecular complexity index is 3090. The van der Waals surface area contributed by atoms with Crippen molar-refractivity contribution in [3.8, 4) is 28.5 Å². The fourth-order valence-electron chi connectivity index (χ4n) is 8.34. The lowest BCUT2D eigenvalue weighted by Crippen LogP contribution is -2.05. The molecule has 0 radical (unpaired) electrons. The largest absolute Gasteiger partial charge is 0.309 e. The number of hydrogen-bond acceptors (Lipinski definition) is 3.